The average molecular weight is 493 g/mol. The van der Waals surface area contributed by atoms with Crippen molar-refractivity contribution in [2.45, 2.75) is 0 Å². The molecular weight excluding hydrogens is 474 g/mol. The number of hydrogen-bond acceptors (Lipinski definition) is 3. The van der Waals surface area contributed by atoms with E-state index in [1.54, 1.807) is 13.3 Å². The van der Waals surface area contributed by atoms with E-state index < -0.39 is 0 Å². The van der Waals surface area contributed by atoms with E-state index in [0.717, 1.165) is 44.4 Å². The van der Waals surface area contributed by atoms with E-state index >= 15 is 0 Å². The number of methoxy groups -OCH3 is 1. The first kappa shape index (κ1) is 18.4. The number of carbonyl (C=O) groups is 1. The Hall–Kier alpha value is -1.99. The van der Waals surface area contributed by atoms with Crippen LogP contribution in [0.1, 0.15) is 10.4 Å². The molecule has 0 atom stereocenters. The van der Waals surface area contributed by atoms with Crippen molar-refractivity contribution < 1.29 is 9.53 Å². The molecule has 0 aliphatic carbocycles. The molecule has 0 saturated carbocycles. The largest absolute Gasteiger partial charge is 0.495 e. The molecule has 2 heterocycles. The van der Waals surface area contributed by atoms with Crippen LogP contribution in [0.5, 0.6) is 5.75 Å². The van der Waals surface area contributed by atoms with Crippen LogP contribution in [0.4, 0.5) is 5.69 Å². The fourth-order valence-electron chi connectivity index (χ4n) is 3.51. The minimum absolute atomic E-state index is 0.0650. The number of halogens is 2. The van der Waals surface area contributed by atoms with E-state index in [1.807, 2.05) is 35.2 Å². The molecule has 1 aliphatic heterocycles. The minimum Gasteiger partial charge on any atom is -0.495 e. The third-order valence-corrected chi connectivity index (χ3v) is 6.79. The number of nitrogens with one attached hydrogen (secondary N) is 1. The van der Waals surface area contributed by atoms with Crippen molar-refractivity contribution in [3.05, 3.63) is 57.1 Å². The lowest BCUT2D eigenvalue weighted by atomic mass is 10.1. The predicted octanol–water partition coefficient (Wildman–Crippen LogP) is 4.66. The predicted molar refractivity (Wildman–Crippen MR) is 115 cm³/mol. The number of hydrogen-bond donors (Lipinski definition) is 1. The highest BCUT2D eigenvalue weighted by molar-refractivity contribution is 9.13. The van der Waals surface area contributed by atoms with Crippen molar-refractivity contribution in [1.82, 2.24) is 9.88 Å². The van der Waals surface area contributed by atoms with Crippen LogP contribution in [0.3, 0.4) is 0 Å². The first-order valence-corrected chi connectivity index (χ1v) is 10.3. The van der Waals surface area contributed by atoms with Crippen LogP contribution < -0.4 is 9.64 Å². The standard InChI is InChI=1S/C20H19Br2N3O2/c1-27-19-5-3-2-4-18(19)24-6-8-25(9-7-24)20(26)14-12-23-17-11-16(22)15(21)10-13(14)17/h2-5,10-12,23H,6-9H2,1H3. The summed E-state index contributed by atoms with van der Waals surface area (Å²) in [6.45, 7) is 2.93. The molecular formula is C20H19Br2N3O2. The summed E-state index contributed by atoms with van der Waals surface area (Å²) in [6.07, 6.45) is 1.80. The van der Waals surface area contributed by atoms with Gasteiger partial charge in [-0.2, -0.15) is 0 Å². The van der Waals surface area contributed by atoms with Gasteiger partial charge in [0.25, 0.3) is 5.91 Å². The number of piperazine rings is 1. The zero-order valence-corrected chi connectivity index (χ0v) is 18.0. The second-order valence-corrected chi connectivity index (χ2v) is 8.17. The number of para-hydroxylation sites is 2. The Kier molecular flexibility index (Phi) is 5.14. The number of nitrogens with zero attached hydrogens (tertiary/aromatic N) is 2. The number of amides is 1. The lowest BCUT2D eigenvalue weighted by Crippen LogP contribution is -2.48. The fourth-order valence-corrected chi connectivity index (χ4v) is 4.19. The number of H-pyrrole nitrogens is 1. The summed E-state index contributed by atoms with van der Waals surface area (Å²) in [5, 5.41) is 0.933. The van der Waals surface area contributed by atoms with Gasteiger partial charge < -0.3 is 19.5 Å². The maximum atomic E-state index is 13.1. The quantitative estimate of drug-likeness (QED) is 0.578. The van der Waals surface area contributed by atoms with Crippen LogP contribution in [0, 0.1) is 0 Å². The van der Waals surface area contributed by atoms with Gasteiger partial charge in [-0.15, -0.1) is 0 Å². The topological polar surface area (TPSA) is 48.6 Å². The van der Waals surface area contributed by atoms with Crippen LogP contribution in [-0.2, 0) is 0 Å². The van der Waals surface area contributed by atoms with Gasteiger partial charge in [0, 0.05) is 52.2 Å². The highest BCUT2D eigenvalue weighted by Gasteiger charge is 2.25. The van der Waals surface area contributed by atoms with Crippen LogP contribution in [0.2, 0.25) is 0 Å². The smallest absolute Gasteiger partial charge is 0.256 e. The molecule has 0 radical (unpaired) electrons. The third-order valence-electron chi connectivity index (χ3n) is 4.95. The maximum Gasteiger partial charge on any atom is 0.256 e. The van der Waals surface area contributed by atoms with E-state index in [1.165, 1.54) is 0 Å². The average Bonchev–Trinajstić information content (AvgIpc) is 3.10. The van der Waals surface area contributed by atoms with E-state index in [4.69, 9.17) is 4.74 Å². The molecule has 5 nitrogen and oxygen atoms in total. The molecule has 0 unspecified atom stereocenters. The lowest BCUT2D eigenvalue weighted by molar-refractivity contribution is 0.0748. The number of benzene rings is 2. The Morgan fingerprint density at radius 3 is 2.52 bits per heavy atom. The van der Waals surface area contributed by atoms with Crippen molar-refractivity contribution >= 4 is 54.4 Å². The van der Waals surface area contributed by atoms with Crippen LogP contribution in [0.25, 0.3) is 10.9 Å². The summed E-state index contributed by atoms with van der Waals surface area (Å²) >= 11 is 7.03. The highest BCUT2D eigenvalue weighted by atomic mass is 79.9. The molecule has 2 aromatic carbocycles. The molecule has 1 saturated heterocycles. The number of anilines is 1. The highest BCUT2D eigenvalue weighted by Crippen LogP contribution is 2.31. The van der Waals surface area contributed by atoms with Gasteiger partial charge in [0.1, 0.15) is 5.75 Å². The van der Waals surface area contributed by atoms with Gasteiger partial charge in [0.15, 0.2) is 0 Å². The third kappa shape index (κ3) is 3.46. The Morgan fingerprint density at radius 1 is 1.07 bits per heavy atom. The summed E-state index contributed by atoms with van der Waals surface area (Å²) in [5.74, 6) is 0.930. The number of ether oxygens (including phenoxy) is 1. The molecule has 1 N–H and O–H groups in total. The monoisotopic (exact) mass is 491 g/mol. The molecule has 0 spiro atoms. The Balaban J connectivity index is 1.52. The van der Waals surface area contributed by atoms with Crippen LogP contribution in [0.15, 0.2) is 51.5 Å². The minimum atomic E-state index is 0.0650. The number of aromatic nitrogens is 1. The van der Waals surface area contributed by atoms with Crippen molar-refractivity contribution in [2.24, 2.45) is 0 Å². The molecule has 1 amide bonds. The van der Waals surface area contributed by atoms with Crippen molar-refractivity contribution in [1.29, 1.82) is 0 Å². The second kappa shape index (κ2) is 7.56. The normalized spacial score (nSPS) is 14.6. The molecule has 7 heteroatoms. The van der Waals surface area contributed by atoms with Gasteiger partial charge >= 0.3 is 0 Å². The zero-order chi connectivity index (χ0) is 19.0. The van der Waals surface area contributed by atoms with E-state index in [9.17, 15) is 4.79 Å². The van der Waals surface area contributed by atoms with Crippen molar-refractivity contribution in [2.75, 3.05) is 38.2 Å². The van der Waals surface area contributed by atoms with E-state index in [0.29, 0.717) is 18.7 Å². The van der Waals surface area contributed by atoms with Gasteiger partial charge in [0.05, 0.1) is 18.4 Å². The van der Waals surface area contributed by atoms with Gasteiger partial charge in [0.2, 0.25) is 0 Å². The van der Waals surface area contributed by atoms with Gasteiger partial charge in [-0.1, -0.05) is 12.1 Å². The lowest BCUT2D eigenvalue weighted by Gasteiger charge is -2.36. The number of carbonyl (C=O) groups excluding carboxylic acids is 1. The van der Waals surface area contributed by atoms with E-state index in [2.05, 4.69) is 47.8 Å². The molecule has 3 aromatic rings. The van der Waals surface area contributed by atoms with E-state index in [-0.39, 0.29) is 5.91 Å². The molecule has 140 valence electrons. The van der Waals surface area contributed by atoms with Crippen molar-refractivity contribution in [3.63, 3.8) is 0 Å². The number of rotatable bonds is 3. The molecule has 0 bridgehead atoms. The second-order valence-electron chi connectivity index (χ2n) is 6.47. The Bertz CT molecular complexity index is 994. The zero-order valence-electron chi connectivity index (χ0n) is 14.8. The summed E-state index contributed by atoms with van der Waals surface area (Å²) in [4.78, 5) is 20.5. The van der Waals surface area contributed by atoms with Crippen LogP contribution >= 0.6 is 31.9 Å². The van der Waals surface area contributed by atoms with Gasteiger partial charge in [-0.05, 0) is 56.1 Å². The first-order valence-electron chi connectivity index (χ1n) is 8.72. The summed E-state index contributed by atoms with van der Waals surface area (Å²) in [7, 11) is 1.69. The number of fused-ring (bicyclic) bond motifs is 1. The van der Waals surface area contributed by atoms with Crippen LogP contribution in [-0.4, -0.2) is 49.1 Å². The summed E-state index contributed by atoms with van der Waals surface area (Å²) < 4.78 is 7.36. The maximum absolute atomic E-state index is 13.1. The fraction of sp³-hybridized carbons (Fsp3) is 0.250. The van der Waals surface area contributed by atoms with Gasteiger partial charge in [-0.25, -0.2) is 0 Å². The molecule has 4 rings (SSSR count). The Labute approximate surface area is 174 Å². The molecule has 1 aliphatic rings. The molecule has 1 aromatic heterocycles. The summed E-state index contributed by atoms with van der Waals surface area (Å²) in [5.41, 5.74) is 2.73. The summed E-state index contributed by atoms with van der Waals surface area (Å²) in [6, 6.07) is 12.0. The Morgan fingerprint density at radius 2 is 1.78 bits per heavy atom. The van der Waals surface area contributed by atoms with Gasteiger partial charge in [-0.3, -0.25) is 4.79 Å². The SMILES string of the molecule is COc1ccccc1N1CCN(C(=O)c2c[nH]c3cc(Br)c(Br)cc23)CC1. The molecule has 27 heavy (non-hydrogen) atoms. The molecule has 1 fully saturated rings. The van der Waals surface area contributed by atoms with Crippen molar-refractivity contribution in [3.8, 4) is 5.75 Å². The first-order chi connectivity index (χ1) is 13.1. The number of aromatic amines is 1.